The Morgan fingerprint density at radius 1 is 1.17 bits per heavy atom. The molecule has 2 aromatic carbocycles. The van der Waals surface area contributed by atoms with Crippen molar-refractivity contribution in [2.75, 3.05) is 13.2 Å². The number of furan rings is 1. The summed E-state index contributed by atoms with van der Waals surface area (Å²) in [6.07, 6.45) is 2.41. The van der Waals surface area contributed by atoms with Gasteiger partial charge in [0.15, 0.2) is 6.61 Å². The highest BCUT2D eigenvalue weighted by Gasteiger charge is 2.08. The summed E-state index contributed by atoms with van der Waals surface area (Å²) in [6, 6.07) is 12.7. The monoisotopic (exact) mass is 363 g/mol. The fourth-order valence-corrected chi connectivity index (χ4v) is 2.81. The topological polar surface area (TPSA) is 51.5 Å². The van der Waals surface area contributed by atoms with Crippen molar-refractivity contribution in [1.29, 1.82) is 0 Å². The molecule has 0 saturated heterocycles. The number of benzene rings is 2. The van der Waals surface area contributed by atoms with Crippen molar-refractivity contribution >= 4 is 40.1 Å². The van der Waals surface area contributed by atoms with E-state index in [0.29, 0.717) is 28.8 Å². The maximum atomic E-state index is 11.9. The highest BCUT2D eigenvalue weighted by Crippen LogP contribution is 2.27. The number of nitrogens with one attached hydrogen (secondary N) is 1. The molecule has 24 heavy (non-hydrogen) atoms. The minimum absolute atomic E-state index is 0.104. The van der Waals surface area contributed by atoms with Gasteiger partial charge in [-0.3, -0.25) is 4.79 Å². The molecule has 124 valence electrons. The van der Waals surface area contributed by atoms with Gasteiger partial charge in [-0.05, 0) is 36.2 Å². The fourth-order valence-electron chi connectivity index (χ4n) is 2.35. The van der Waals surface area contributed by atoms with E-state index >= 15 is 0 Å². The zero-order chi connectivity index (χ0) is 16.9. The number of carbonyl (C=O) groups is 1. The Morgan fingerprint density at radius 2 is 2.00 bits per heavy atom. The zero-order valence-corrected chi connectivity index (χ0v) is 14.2. The molecule has 0 unspecified atom stereocenters. The van der Waals surface area contributed by atoms with Crippen LogP contribution in [0.15, 0.2) is 53.1 Å². The van der Waals surface area contributed by atoms with Crippen molar-refractivity contribution < 1.29 is 13.9 Å². The Hall–Kier alpha value is -2.17. The van der Waals surface area contributed by atoms with Crippen LogP contribution in [-0.2, 0) is 11.2 Å². The number of amides is 1. The number of hydrogen-bond acceptors (Lipinski definition) is 3. The van der Waals surface area contributed by atoms with E-state index in [1.165, 1.54) is 0 Å². The molecule has 0 fully saturated rings. The van der Waals surface area contributed by atoms with Gasteiger partial charge in [-0.25, -0.2) is 0 Å². The van der Waals surface area contributed by atoms with Gasteiger partial charge in [0, 0.05) is 17.0 Å². The van der Waals surface area contributed by atoms with Gasteiger partial charge in [0.25, 0.3) is 5.91 Å². The van der Waals surface area contributed by atoms with Crippen molar-refractivity contribution in [3.05, 3.63) is 64.3 Å². The molecule has 0 aliphatic heterocycles. The highest BCUT2D eigenvalue weighted by molar-refractivity contribution is 6.35. The lowest BCUT2D eigenvalue weighted by Gasteiger charge is -2.08. The third-order valence-corrected chi connectivity index (χ3v) is 4.06. The second kappa shape index (κ2) is 7.60. The van der Waals surface area contributed by atoms with Crippen LogP contribution < -0.4 is 10.1 Å². The highest BCUT2D eigenvalue weighted by atomic mass is 35.5. The van der Waals surface area contributed by atoms with E-state index in [0.717, 1.165) is 16.5 Å². The van der Waals surface area contributed by atoms with Crippen LogP contribution in [0, 0.1) is 0 Å². The van der Waals surface area contributed by atoms with Gasteiger partial charge in [0.05, 0.1) is 11.3 Å². The Bertz CT molecular complexity index is 860. The molecule has 3 rings (SSSR count). The maximum absolute atomic E-state index is 11.9. The first kappa shape index (κ1) is 16.7. The number of hydrogen-bond donors (Lipinski definition) is 1. The summed E-state index contributed by atoms with van der Waals surface area (Å²) < 4.78 is 10.9. The molecule has 4 nitrogen and oxygen atoms in total. The number of ether oxygens (including phenoxy) is 1. The first-order chi connectivity index (χ1) is 11.6. The van der Waals surface area contributed by atoms with Crippen LogP contribution in [0.1, 0.15) is 5.56 Å². The normalized spacial score (nSPS) is 10.8. The van der Waals surface area contributed by atoms with Crippen LogP contribution >= 0.6 is 23.2 Å². The summed E-state index contributed by atoms with van der Waals surface area (Å²) in [5, 5.41) is 4.77. The van der Waals surface area contributed by atoms with Crippen LogP contribution in [0.4, 0.5) is 0 Å². The predicted molar refractivity (Wildman–Crippen MR) is 94.9 cm³/mol. The molecule has 1 amide bonds. The van der Waals surface area contributed by atoms with Gasteiger partial charge in [0.2, 0.25) is 0 Å². The van der Waals surface area contributed by atoms with Crippen molar-refractivity contribution in [3.63, 3.8) is 0 Å². The van der Waals surface area contributed by atoms with Crippen LogP contribution in [0.3, 0.4) is 0 Å². The molecule has 1 N–H and O–H groups in total. The van der Waals surface area contributed by atoms with Crippen molar-refractivity contribution in [3.8, 4) is 5.75 Å². The molecule has 0 saturated carbocycles. The predicted octanol–water partition coefficient (Wildman–Crippen LogP) is 4.48. The molecule has 3 aromatic rings. The summed E-state index contributed by atoms with van der Waals surface area (Å²) in [5.74, 6) is 0.214. The van der Waals surface area contributed by atoms with E-state index < -0.39 is 0 Å². The minimum atomic E-state index is -0.214. The van der Waals surface area contributed by atoms with Gasteiger partial charge in [-0.1, -0.05) is 41.4 Å². The van der Waals surface area contributed by atoms with E-state index in [1.807, 2.05) is 24.3 Å². The molecular formula is C18H15Cl2NO3. The molecule has 1 aromatic heterocycles. The van der Waals surface area contributed by atoms with Crippen molar-refractivity contribution in [2.24, 2.45) is 0 Å². The molecule has 6 heteroatoms. The average molecular weight is 364 g/mol. The number of fused-ring (bicyclic) bond motifs is 1. The summed E-state index contributed by atoms with van der Waals surface area (Å²) in [7, 11) is 0. The number of carbonyl (C=O) groups excluding carboxylic acids is 1. The van der Waals surface area contributed by atoms with Crippen LogP contribution in [0.5, 0.6) is 5.75 Å². The third-order valence-electron chi connectivity index (χ3n) is 3.53. The Morgan fingerprint density at radius 3 is 2.83 bits per heavy atom. The van der Waals surface area contributed by atoms with Gasteiger partial charge in [-0.2, -0.15) is 0 Å². The van der Waals surface area contributed by atoms with E-state index in [1.54, 1.807) is 24.5 Å². The lowest BCUT2D eigenvalue weighted by Crippen LogP contribution is -2.30. The standard InChI is InChI=1S/C18H15Cl2NO3/c19-13-5-6-17(15(20)9-13)24-11-18(22)21-8-7-12-10-23-16-4-2-1-3-14(12)16/h1-6,9-10H,7-8,11H2,(H,21,22). The lowest BCUT2D eigenvalue weighted by molar-refractivity contribution is -0.123. The van der Waals surface area contributed by atoms with E-state index in [9.17, 15) is 4.79 Å². The summed E-state index contributed by atoms with van der Waals surface area (Å²) in [5.41, 5.74) is 1.91. The SMILES string of the molecule is O=C(COc1ccc(Cl)cc1Cl)NCCc1coc2ccccc12. The molecule has 0 aliphatic rings. The van der Waals surface area contributed by atoms with Gasteiger partial charge in [-0.15, -0.1) is 0 Å². The van der Waals surface area contributed by atoms with Crippen LogP contribution in [0.25, 0.3) is 11.0 Å². The quantitative estimate of drug-likeness (QED) is 0.702. The Kier molecular flexibility index (Phi) is 5.28. The maximum Gasteiger partial charge on any atom is 0.257 e. The second-order valence-electron chi connectivity index (χ2n) is 5.22. The van der Waals surface area contributed by atoms with Crippen LogP contribution in [-0.4, -0.2) is 19.1 Å². The molecule has 0 bridgehead atoms. The first-order valence-electron chi connectivity index (χ1n) is 7.43. The molecule has 0 spiro atoms. The van der Waals surface area contributed by atoms with E-state index in [-0.39, 0.29) is 12.5 Å². The zero-order valence-electron chi connectivity index (χ0n) is 12.7. The summed E-state index contributed by atoms with van der Waals surface area (Å²) >= 11 is 11.8. The van der Waals surface area contributed by atoms with Crippen molar-refractivity contribution in [2.45, 2.75) is 6.42 Å². The minimum Gasteiger partial charge on any atom is -0.482 e. The van der Waals surface area contributed by atoms with Crippen molar-refractivity contribution in [1.82, 2.24) is 5.32 Å². The molecule has 1 heterocycles. The van der Waals surface area contributed by atoms with Gasteiger partial charge in [0.1, 0.15) is 11.3 Å². The first-order valence-corrected chi connectivity index (χ1v) is 8.19. The number of halogens is 2. The van der Waals surface area contributed by atoms with Crippen LogP contribution in [0.2, 0.25) is 10.0 Å². The smallest absolute Gasteiger partial charge is 0.257 e. The molecule has 0 radical (unpaired) electrons. The molecule has 0 aliphatic carbocycles. The number of rotatable bonds is 6. The number of para-hydroxylation sites is 1. The van der Waals surface area contributed by atoms with E-state index in [4.69, 9.17) is 32.4 Å². The molecular weight excluding hydrogens is 349 g/mol. The van der Waals surface area contributed by atoms with Gasteiger partial charge < -0.3 is 14.5 Å². The molecule has 0 atom stereocenters. The summed E-state index contributed by atoms with van der Waals surface area (Å²) in [4.78, 5) is 11.9. The Labute approximate surface area is 149 Å². The average Bonchev–Trinajstić information content (AvgIpc) is 2.97. The van der Waals surface area contributed by atoms with E-state index in [2.05, 4.69) is 5.32 Å². The summed E-state index contributed by atoms with van der Waals surface area (Å²) in [6.45, 7) is 0.396. The third kappa shape index (κ3) is 4.02. The fraction of sp³-hybridized carbons (Fsp3) is 0.167. The Balaban J connectivity index is 1.47. The largest absolute Gasteiger partial charge is 0.482 e. The lowest BCUT2D eigenvalue weighted by atomic mass is 10.1. The van der Waals surface area contributed by atoms with Gasteiger partial charge >= 0.3 is 0 Å². The second-order valence-corrected chi connectivity index (χ2v) is 6.06.